The molecule has 1 N–H and O–H groups in total. The third-order valence-electron chi connectivity index (χ3n) is 3.05. The zero-order valence-corrected chi connectivity index (χ0v) is 12.6. The Morgan fingerprint density at radius 3 is 2.38 bits per heavy atom. The molecule has 0 radical (unpaired) electrons. The highest BCUT2D eigenvalue weighted by Crippen LogP contribution is 2.32. The SMILES string of the molecule is CCNC(c1ccc(F)cc1F)c1c(F)ccc(Br)c1F. The van der Waals surface area contributed by atoms with Crippen LogP contribution in [-0.2, 0) is 0 Å². The minimum atomic E-state index is -1.05. The van der Waals surface area contributed by atoms with Crippen LogP contribution in [0, 0.1) is 23.3 Å². The standard InChI is InChI=1S/C15H12BrF4N/c1-2-21-15(9-4-3-8(17)7-12(9)19)13-11(18)6-5-10(16)14(13)20/h3-7,15,21H,2H2,1H3. The molecule has 1 nitrogen and oxygen atoms in total. The summed E-state index contributed by atoms with van der Waals surface area (Å²) >= 11 is 2.98. The van der Waals surface area contributed by atoms with Crippen molar-refractivity contribution < 1.29 is 17.6 Å². The van der Waals surface area contributed by atoms with E-state index in [1.54, 1.807) is 6.92 Å². The summed E-state index contributed by atoms with van der Waals surface area (Å²) in [5.41, 5.74) is -0.328. The van der Waals surface area contributed by atoms with Crippen molar-refractivity contribution in [2.45, 2.75) is 13.0 Å². The summed E-state index contributed by atoms with van der Waals surface area (Å²) in [6.07, 6.45) is 0. The molecule has 0 bridgehead atoms. The van der Waals surface area contributed by atoms with Crippen LogP contribution in [0.3, 0.4) is 0 Å². The van der Waals surface area contributed by atoms with Crippen LogP contribution in [0.5, 0.6) is 0 Å². The predicted octanol–water partition coefficient (Wildman–Crippen LogP) is 4.70. The number of nitrogens with one attached hydrogen (secondary N) is 1. The van der Waals surface area contributed by atoms with E-state index in [0.717, 1.165) is 12.1 Å². The van der Waals surface area contributed by atoms with Gasteiger partial charge in [-0.05, 0) is 40.7 Å². The lowest BCUT2D eigenvalue weighted by atomic mass is 9.97. The number of hydrogen-bond acceptors (Lipinski definition) is 1. The summed E-state index contributed by atoms with van der Waals surface area (Å²) in [6, 6.07) is 4.20. The molecule has 0 aliphatic heterocycles. The highest BCUT2D eigenvalue weighted by atomic mass is 79.9. The Balaban J connectivity index is 2.61. The number of benzene rings is 2. The van der Waals surface area contributed by atoms with Gasteiger partial charge in [0.05, 0.1) is 10.5 Å². The fourth-order valence-electron chi connectivity index (χ4n) is 2.11. The summed E-state index contributed by atoms with van der Waals surface area (Å²) in [5, 5.41) is 2.82. The Morgan fingerprint density at radius 2 is 1.76 bits per heavy atom. The lowest BCUT2D eigenvalue weighted by Crippen LogP contribution is -2.25. The quantitative estimate of drug-likeness (QED) is 0.614. The van der Waals surface area contributed by atoms with Gasteiger partial charge in [0.1, 0.15) is 23.3 Å². The van der Waals surface area contributed by atoms with Gasteiger partial charge in [-0.1, -0.05) is 13.0 Å². The van der Waals surface area contributed by atoms with Crippen molar-refractivity contribution in [2.75, 3.05) is 6.54 Å². The van der Waals surface area contributed by atoms with Crippen LogP contribution < -0.4 is 5.32 Å². The predicted molar refractivity (Wildman–Crippen MR) is 75.9 cm³/mol. The van der Waals surface area contributed by atoms with Gasteiger partial charge in [0, 0.05) is 17.2 Å². The molecular formula is C15H12BrF4N. The summed E-state index contributed by atoms with van der Waals surface area (Å²) in [5.74, 6) is -3.23. The maximum absolute atomic E-state index is 14.2. The van der Waals surface area contributed by atoms with Crippen molar-refractivity contribution in [1.82, 2.24) is 5.32 Å². The van der Waals surface area contributed by atoms with Crippen LogP contribution >= 0.6 is 15.9 Å². The van der Waals surface area contributed by atoms with Crippen molar-refractivity contribution in [3.05, 3.63) is 69.2 Å². The molecule has 0 spiro atoms. The van der Waals surface area contributed by atoms with Gasteiger partial charge in [0.25, 0.3) is 0 Å². The molecule has 6 heteroatoms. The van der Waals surface area contributed by atoms with E-state index in [1.807, 2.05) is 0 Å². The van der Waals surface area contributed by atoms with Gasteiger partial charge in [0.2, 0.25) is 0 Å². The van der Waals surface area contributed by atoms with Crippen molar-refractivity contribution >= 4 is 15.9 Å². The second-order valence-corrected chi connectivity index (χ2v) is 5.27. The summed E-state index contributed by atoms with van der Waals surface area (Å²) in [4.78, 5) is 0. The van der Waals surface area contributed by atoms with Crippen LogP contribution in [0.15, 0.2) is 34.8 Å². The molecule has 0 aliphatic rings. The van der Waals surface area contributed by atoms with Crippen LogP contribution in [-0.4, -0.2) is 6.54 Å². The number of halogens is 5. The van der Waals surface area contributed by atoms with Crippen LogP contribution in [0.4, 0.5) is 17.6 Å². The largest absolute Gasteiger partial charge is 0.306 e. The fraction of sp³-hybridized carbons (Fsp3) is 0.200. The summed E-state index contributed by atoms with van der Waals surface area (Å²) in [6.45, 7) is 2.08. The molecule has 0 aliphatic carbocycles. The second kappa shape index (κ2) is 6.58. The highest BCUT2D eigenvalue weighted by Gasteiger charge is 2.25. The van der Waals surface area contributed by atoms with Gasteiger partial charge in [0.15, 0.2) is 0 Å². The van der Waals surface area contributed by atoms with Crippen molar-refractivity contribution in [3.63, 3.8) is 0 Å². The minimum Gasteiger partial charge on any atom is -0.306 e. The molecule has 0 amide bonds. The van der Waals surface area contributed by atoms with Gasteiger partial charge in [-0.2, -0.15) is 0 Å². The van der Waals surface area contributed by atoms with Gasteiger partial charge >= 0.3 is 0 Å². The molecule has 2 aromatic rings. The monoisotopic (exact) mass is 361 g/mol. The van der Waals surface area contributed by atoms with Gasteiger partial charge < -0.3 is 5.32 Å². The lowest BCUT2D eigenvalue weighted by Gasteiger charge is -2.21. The smallest absolute Gasteiger partial charge is 0.145 e. The summed E-state index contributed by atoms with van der Waals surface area (Å²) < 4.78 is 55.2. The Morgan fingerprint density at radius 1 is 1.05 bits per heavy atom. The Bertz CT molecular complexity index is 660. The van der Waals surface area contributed by atoms with E-state index in [1.165, 1.54) is 12.1 Å². The molecule has 112 valence electrons. The van der Waals surface area contributed by atoms with Gasteiger partial charge in [-0.3, -0.25) is 0 Å². The second-order valence-electron chi connectivity index (χ2n) is 4.41. The highest BCUT2D eigenvalue weighted by molar-refractivity contribution is 9.10. The van der Waals surface area contributed by atoms with E-state index >= 15 is 0 Å². The topological polar surface area (TPSA) is 12.0 Å². The van der Waals surface area contributed by atoms with E-state index in [0.29, 0.717) is 12.6 Å². The van der Waals surface area contributed by atoms with Gasteiger partial charge in [-0.25, -0.2) is 17.6 Å². The van der Waals surface area contributed by atoms with E-state index < -0.39 is 29.3 Å². The average Bonchev–Trinajstić information content (AvgIpc) is 2.43. The van der Waals surface area contributed by atoms with Crippen molar-refractivity contribution in [1.29, 1.82) is 0 Å². The van der Waals surface area contributed by atoms with Crippen molar-refractivity contribution in [2.24, 2.45) is 0 Å². The van der Waals surface area contributed by atoms with E-state index in [-0.39, 0.29) is 15.6 Å². The summed E-state index contributed by atoms with van der Waals surface area (Å²) in [7, 11) is 0. The molecule has 0 fully saturated rings. The molecule has 2 rings (SSSR count). The van der Waals surface area contributed by atoms with Crippen molar-refractivity contribution in [3.8, 4) is 0 Å². The maximum Gasteiger partial charge on any atom is 0.145 e. The molecule has 2 aromatic carbocycles. The fourth-order valence-corrected chi connectivity index (χ4v) is 2.46. The molecule has 0 aromatic heterocycles. The first kappa shape index (κ1) is 16.0. The first-order chi connectivity index (χ1) is 9.95. The third kappa shape index (κ3) is 3.27. The average molecular weight is 362 g/mol. The lowest BCUT2D eigenvalue weighted by molar-refractivity contribution is 0.489. The number of rotatable bonds is 4. The first-order valence-corrected chi connectivity index (χ1v) is 7.06. The third-order valence-corrected chi connectivity index (χ3v) is 3.66. The zero-order valence-electron chi connectivity index (χ0n) is 11.1. The molecule has 0 saturated heterocycles. The molecule has 21 heavy (non-hydrogen) atoms. The van der Waals surface area contributed by atoms with E-state index in [2.05, 4.69) is 21.2 Å². The van der Waals surface area contributed by atoms with Gasteiger partial charge in [-0.15, -0.1) is 0 Å². The van der Waals surface area contributed by atoms with Crippen LogP contribution in [0.25, 0.3) is 0 Å². The molecule has 0 heterocycles. The zero-order chi connectivity index (χ0) is 15.6. The molecule has 0 saturated carbocycles. The molecule has 1 atom stereocenters. The van der Waals surface area contributed by atoms with E-state index in [9.17, 15) is 17.6 Å². The minimum absolute atomic E-state index is 0.0193. The van der Waals surface area contributed by atoms with Crippen LogP contribution in [0.2, 0.25) is 0 Å². The number of hydrogen-bond donors (Lipinski definition) is 1. The Kier molecular flexibility index (Phi) is 5.00. The Labute approximate surface area is 128 Å². The van der Waals surface area contributed by atoms with E-state index in [4.69, 9.17) is 0 Å². The molecule has 1 unspecified atom stereocenters. The first-order valence-electron chi connectivity index (χ1n) is 6.27. The maximum atomic E-state index is 14.2. The molecular weight excluding hydrogens is 350 g/mol. The Hall–Kier alpha value is -1.40. The van der Waals surface area contributed by atoms with Crippen LogP contribution in [0.1, 0.15) is 24.1 Å². The normalized spacial score (nSPS) is 12.5.